The average Bonchev–Trinajstić information content (AvgIpc) is 3.08. The Balaban J connectivity index is 1.37. The normalized spacial score (nSPS) is 32.7. The number of hydrogen-bond donors (Lipinski definition) is 1. The molecule has 3 aliphatic carbocycles. The minimum Gasteiger partial charge on any atom is -0.380 e. The maximum Gasteiger partial charge on any atom is 0.0661 e. The van der Waals surface area contributed by atoms with Crippen LogP contribution in [0.25, 0.3) is 0 Å². The van der Waals surface area contributed by atoms with E-state index in [1.54, 1.807) is 0 Å². The van der Waals surface area contributed by atoms with Crippen molar-refractivity contribution in [1.82, 2.24) is 5.32 Å². The van der Waals surface area contributed by atoms with Gasteiger partial charge < -0.3 is 14.8 Å². The molecular weight excluding hydrogens is 238 g/mol. The third-order valence-corrected chi connectivity index (χ3v) is 5.37. The van der Waals surface area contributed by atoms with Gasteiger partial charge in [-0.05, 0) is 44.9 Å². The van der Waals surface area contributed by atoms with Crippen LogP contribution in [-0.4, -0.2) is 38.5 Å². The summed E-state index contributed by atoms with van der Waals surface area (Å²) in [6, 6.07) is 0.677. The lowest BCUT2D eigenvalue weighted by Crippen LogP contribution is -2.63. The summed E-state index contributed by atoms with van der Waals surface area (Å²) < 4.78 is 11.6. The summed E-state index contributed by atoms with van der Waals surface area (Å²) in [6.07, 6.45) is 9.99. The van der Waals surface area contributed by atoms with E-state index in [1.807, 2.05) is 0 Å². The summed E-state index contributed by atoms with van der Waals surface area (Å²) in [6.45, 7) is 5.86. The van der Waals surface area contributed by atoms with Crippen molar-refractivity contribution < 1.29 is 9.47 Å². The minimum absolute atomic E-state index is 0.465. The van der Waals surface area contributed by atoms with Gasteiger partial charge in [0, 0.05) is 31.2 Å². The van der Waals surface area contributed by atoms with Crippen LogP contribution in [0.4, 0.5) is 0 Å². The van der Waals surface area contributed by atoms with Crippen LogP contribution in [0, 0.1) is 11.3 Å². The van der Waals surface area contributed by atoms with Crippen LogP contribution in [0.3, 0.4) is 0 Å². The fourth-order valence-corrected chi connectivity index (χ4v) is 4.01. The van der Waals surface area contributed by atoms with Crippen molar-refractivity contribution >= 4 is 0 Å². The Morgan fingerprint density at radius 3 is 2.68 bits per heavy atom. The first-order chi connectivity index (χ1) is 9.35. The molecule has 3 rings (SSSR count). The molecule has 0 amide bonds. The van der Waals surface area contributed by atoms with Gasteiger partial charge in [-0.1, -0.05) is 12.8 Å². The molecule has 3 aliphatic rings. The van der Waals surface area contributed by atoms with E-state index in [0.29, 0.717) is 17.6 Å². The fourth-order valence-electron chi connectivity index (χ4n) is 4.01. The summed E-state index contributed by atoms with van der Waals surface area (Å²) in [5, 5.41) is 3.73. The maximum absolute atomic E-state index is 5.94. The molecule has 110 valence electrons. The van der Waals surface area contributed by atoms with Crippen molar-refractivity contribution in [3.05, 3.63) is 0 Å². The van der Waals surface area contributed by atoms with Gasteiger partial charge in [0.1, 0.15) is 0 Å². The van der Waals surface area contributed by atoms with E-state index in [4.69, 9.17) is 9.47 Å². The lowest BCUT2D eigenvalue weighted by atomic mass is 9.60. The third kappa shape index (κ3) is 2.98. The second kappa shape index (κ2) is 6.11. The van der Waals surface area contributed by atoms with E-state index in [0.717, 1.165) is 32.3 Å². The quantitative estimate of drug-likeness (QED) is 0.686. The van der Waals surface area contributed by atoms with Crippen molar-refractivity contribution in [3.63, 3.8) is 0 Å². The summed E-state index contributed by atoms with van der Waals surface area (Å²) >= 11 is 0. The van der Waals surface area contributed by atoms with E-state index in [1.165, 1.54) is 44.9 Å². The molecule has 0 bridgehead atoms. The van der Waals surface area contributed by atoms with Crippen molar-refractivity contribution in [2.24, 2.45) is 11.3 Å². The van der Waals surface area contributed by atoms with Crippen molar-refractivity contribution in [3.8, 4) is 0 Å². The Morgan fingerprint density at radius 2 is 2.00 bits per heavy atom. The molecular formula is C16H29NO2. The summed E-state index contributed by atoms with van der Waals surface area (Å²) in [5.41, 5.74) is 0.465. The number of hydrogen-bond acceptors (Lipinski definition) is 3. The summed E-state index contributed by atoms with van der Waals surface area (Å²) in [7, 11) is 0. The topological polar surface area (TPSA) is 30.5 Å². The lowest BCUT2D eigenvalue weighted by Gasteiger charge is -2.54. The molecule has 3 heteroatoms. The van der Waals surface area contributed by atoms with E-state index in [9.17, 15) is 0 Å². The molecule has 2 atom stereocenters. The Hall–Kier alpha value is -0.120. The van der Waals surface area contributed by atoms with Crippen LogP contribution in [0.15, 0.2) is 0 Å². The Bertz CT molecular complexity index is 284. The van der Waals surface area contributed by atoms with Gasteiger partial charge in [-0.25, -0.2) is 0 Å². The van der Waals surface area contributed by atoms with Gasteiger partial charge >= 0.3 is 0 Å². The smallest absolute Gasteiger partial charge is 0.0661 e. The fraction of sp³-hybridized carbons (Fsp3) is 1.00. The van der Waals surface area contributed by atoms with Crippen molar-refractivity contribution in [1.29, 1.82) is 0 Å². The lowest BCUT2D eigenvalue weighted by molar-refractivity contribution is -0.130. The molecule has 2 unspecified atom stereocenters. The van der Waals surface area contributed by atoms with Crippen LogP contribution in [0.5, 0.6) is 0 Å². The molecule has 1 N–H and O–H groups in total. The van der Waals surface area contributed by atoms with E-state index in [-0.39, 0.29) is 0 Å². The molecule has 3 nitrogen and oxygen atoms in total. The number of nitrogens with one attached hydrogen (secondary N) is 1. The predicted molar refractivity (Wildman–Crippen MR) is 76.3 cm³/mol. The monoisotopic (exact) mass is 267 g/mol. The van der Waals surface area contributed by atoms with Gasteiger partial charge in [0.05, 0.1) is 12.7 Å². The predicted octanol–water partition coefficient (Wildman–Crippen LogP) is 2.74. The van der Waals surface area contributed by atoms with Gasteiger partial charge in [-0.3, -0.25) is 0 Å². The molecule has 0 radical (unpaired) electrons. The highest BCUT2D eigenvalue weighted by atomic mass is 16.5. The van der Waals surface area contributed by atoms with E-state index < -0.39 is 0 Å². The molecule has 3 saturated carbocycles. The highest BCUT2D eigenvalue weighted by molar-refractivity contribution is 5.09. The van der Waals surface area contributed by atoms with Crippen LogP contribution >= 0.6 is 0 Å². The van der Waals surface area contributed by atoms with Crippen LogP contribution in [0.1, 0.15) is 51.9 Å². The zero-order valence-corrected chi connectivity index (χ0v) is 12.3. The second-order valence-corrected chi connectivity index (χ2v) is 6.64. The second-order valence-electron chi connectivity index (χ2n) is 6.64. The van der Waals surface area contributed by atoms with Crippen molar-refractivity contribution in [2.45, 2.75) is 64.0 Å². The Kier molecular flexibility index (Phi) is 4.45. The largest absolute Gasteiger partial charge is 0.380 e. The third-order valence-electron chi connectivity index (χ3n) is 5.37. The zero-order valence-electron chi connectivity index (χ0n) is 12.3. The molecule has 0 heterocycles. The van der Waals surface area contributed by atoms with E-state index >= 15 is 0 Å². The van der Waals surface area contributed by atoms with Crippen LogP contribution in [0.2, 0.25) is 0 Å². The van der Waals surface area contributed by atoms with Gasteiger partial charge in [0.15, 0.2) is 0 Å². The zero-order chi connectivity index (χ0) is 13.1. The standard InChI is InChI=1S/C16H29NO2/c1-2-19-15-11-14(16(15)7-3-4-8-16)17-9-10-18-12-13-5-6-13/h13-15,17H,2-12H2,1H3. The molecule has 0 aromatic rings. The molecule has 0 saturated heterocycles. The minimum atomic E-state index is 0.465. The first-order valence-corrected chi connectivity index (χ1v) is 8.28. The molecule has 0 aliphatic heterocycles. The summed E-state index contributed by atoms with van der Waals surface area (Å²) in [5.74, 6) is 0.882. The molecule has 19 heavy (non-hydrogen) atoms. The molecule has 1 spiro atoms. The van der Waals surface area contributed by atoms with Gasteiger partial charge in [-0.15, -0.1) is 0 Å². The van der Waals surface area contributed by atoms with Gasteiger partial charge in [0.2, 0.25) is 0 Å². The SMILES string of the molecule is CCOC1CC(NCCOCC2CC2)C12CCCC2. The van der Waals surface area contributed by atoms with Crippen molar-refractivity contribution in [2.75, 3.05) is 26.4 Å². The highest BCUT2D eigenvalue weighted by Crippen LogP contribution is 2.54. The van der Waals surface area contributed by atoms with Crippen LogP contribution < -0.4 is 5.32 Å². The molecule has 0 aromatic carbocycles. The average molecular weight is 267 g/mol. The van der Waals surface area contributed by atoms with E-state index in [2.05, 4.69) is 12.2 Å². The Labute approximate surface area is 117 Å². The molecule has 0 aromatic heterocycles. The first-order valence-electron chi connectivity index (χ1n) is 8.28. The number of ether oxygens (including phenoxy) is 2. The Morgan fingerprint density at radius 1 is 1.21 bits per heavy atom. The number of rotatable bonds is 8. The van der Waals surface area contributed by atoms with Crippen LogP contribution in [-0.2, 0) is 9.47 Å². The van der Waals surface area contributed by atoms with Gasteiger partial charge in [-0.2, -0.15) is 0 Å². The first kappa shape index (κ1) is 13.8. The highest BCUT2D eigenvalue weighted by Gasteiger charge is 2.56. The van der Waals surface area contributed by atoms with Gasteiger partial charge in [0.25, 0.3) is 0 Å². The maximum atomic E-state index is 5.94. The molecule has 3 fully saturated rings. The summed E-state index contributed by atoms with van der Waals surface area (Å²) in [4.78, 5) is 0.